The van der Waals surface area contributed by atoms with Crippen LogP contribution in [0.15, 0.2) is 42.5 Å². The molecule has 0 aliphatic rings. The Morgan fingerprint density at radius 1 is 0.938 bits per heavy atom. The van der Waals surface area contributed by atoms with Gasteiger partial charge in [-0.05, 0) is 69.3 Å². The minimum Gasteiger partial charge on any atom is -0.497 e. The molecule has 1 heterocycles. The summed E-state index contributed by atoms with van der Waals surface area (Å²) < 4.78 is 16.3. The lowest BCUT2D eigenvalue weighted by molar-refractivity contribution is 0.356. The van der Waals surface area contributed by atoms with E-state index in [2.05, 4.69) is 16.7 Å². The minimum atomic E-state index is 0.426. The Hall–Kier alpha value is -3.03. The summed E-state index contributed by atoms with van der Waals surface area (Å²) in [5.41, 5.74) is 9.42. The van der Waals surface area contributed by atoms with Gasteiger partial charge in [-0.25, -0.2) is 4.98 Å². The van der Waals surface area contributed by atoms with Crippen LogP contribution in [0.3, 0.4) is 0 Å². The normalized spacial score (nSPS) is 11.9. The molecule has 3 aromatic rings. The van der Waals surface area contributed by atoms with E-state index < -0.39 is 0 Å². The van der Waals surface area contributed by atoms with Gasteiger partial charge in [-0.3, -0.25) is 0 Å². The zero-order chi connectivity index (χ0) is 22.9. The first-order valence-electron chi connectivity index (χ1n) is 11.0. The van der Waals surface area contributed by atoms with Gasteiger partial charge < -0.3 is 30.6 Å². The number of anilines is 1. The summed E-state index contributed by atoms with van der Waals surface area (Å²) in [6.45, 7) is 1.54. The second-order valence-electron chi connectivity index (χ2n) is 7.64. The van der Waals surface area contributed by atoms with Crippen molar-refractivity contribution in [3.63, 3.8) is 0 Å². The lowest BCUT2D eigenvalue weighted by Crippen LogP contribution is -2.28. The van der Waals surface area contributed by atoms with Crippen molar-refractivity contribution >= 4 is 16.6 Å². The number of hydrogen-bond donors (Lipinski definition) is 3. The predicted molar refractivity (Wildman–Crippen MR) is 131 cm³/mol. The molecule has 0 spiro atoms. The first-order chi connectivity index (χ1) is 15.6. The Bertz CT molecular complexity index is 1010. The summed E-state index contributed by atoms with van der Waals surface area (Å²) in [4.78, 5) is 4.90. The van der Waals surface area contributed by atoms with E-state index in [1.54, 1.807) is 21.3 Å². The molecule has 0 radical (unpaired) electrons. The van der Waals surface area contributed by atoms with Crippen LogP contribution < -0.4 is 30.6 Å². The second kappa shape index (κ2) is 11.5. The Kier molecular flexibility index (Phi) is 8.53. The van der Waals surface area contributed by atoms with E-state index >= 15 is 0 Å². The van der Waals surface area contributed by atoms with Crippen LogP contribution in [0, 0.1) is 0 Å². The van der Waals surface area contributed by atoms with Crippen molar-refractivity contribution in [3.8, 4) is 28.5 Å². The summed E-state index contributed by atoms with van der Waals surface area (Å²) in [7, 11) is 6.94. The van der Waals surface area contributed by atoms with Crippen molar-refractivity contribution in [2.75, 3.05) is 46.8 Å². The molecule has 4 N–H and O–H groups in total. The molecule has 2 aromatic carbocycles. The highest BCUT2D eigenvalue weighted by Gasteiger charge is 2.14. The standard InChI is InChI=1S/C25H34N4O3/c1-27-18(6-5-12-26)11-13-28-22-15-21(17-7-9-19(30-2)10-8-17)29-23-16-25(32-4)24(31-3)14-20(22)23/h7-10,14-16,18,27H,5-6,11-13,26H2,1-4H3,(H,28,29). The van der Waals surface area contributed by atoms with Gasteiger partial charge in [0.2, 0.25) is 0 Å². The summed E-state index contributed by atoms with van der Waals surface area (Å²) >= 11 is 0. The average Bonchev–Trinajstić information content (AvgIpc) is 2.84. The van der Waals surface area contributed by atoms with E-state index in [0.717, 1.165) is 59.4 Å². The molecule has 1 atom stereocenters. The zero-order valence-corrected chi connectivity index (χ0v) is 19.4. The van der Waals surface area contributed by atoms with E-state index in [1.165, 1.54) is 0 Å². The summed E-state index contributed by atoms with van der Waals surface area (Å²) in [5, 5.41) is 7.99. The predicted octanol–water partition coefficient (Wildman–Crippen LogP) is 4.06. The van der Waals surface area contributed by atoms with Crippen molar-refractivity contribution in [3.05, 3.63) is 42.5 Å². The van der Waals surface area contributed by atoms with E-state index in [4.69, 9.17) is 24.9 Å². The van der Waals surface area contributed by atoms with Gasteiger partial charge in [-0.1, -0.05) is 0 Å². The average molecular weight is 439 g/mol. The highest BCUT2D eigenvalue weighted by Crippen LogP contribution is 2.37. The van der Waals surface area contributed by atoms with Crippen molar-refractivity contribution in [2.24, 2.45) is 5.73 Å². The Morgan fingerprint density at radius 3 is 2.28 bits per heavy atom. The molecule has 7 heteroatoms. The number of rotatable bonds is 12. The molecular weight excluding hydrogens is 404 g/mol. The fourth-order valence-corrected chi connectivity index (χ4v) is 3.79. The van der Waals surface area contributed by atoms with Crippen LogP contribution in [0.1, 0.15) is 19.3 Å². The highest BCUT2D eigenvalue weighted by molar-refractivity contribution is 5.96. The van der Waals surface area contributed by atoms with Gasteiger partial charge in [-0.2, -0.15) is 0 Å². The molecule has 0 aliphatic carbocycles. The van der Waals surface area contributed by atoms with Crippen LogP contribution in [-0.4, -0.2) is 52.5 Å². The van der Waals surface area contributed by atoms with Gasteiger partial charge in [0.15, 0.2) is 11.5 Å². The molecule has 7 nitrogen and oxygen atoms in total. The van der Waals surface area contributed by atoms with Gasteiger partial charge in [-0.15, -0.1) is 0 Å². The number of methoxy groups -OCH3 is 3. The van der Waals surface area contributed by atoms with Crippen LogP contribution in [-0.2, 0) is 0 Å². The van der Waals surface area contributed by atoms with Crippen molar-refractivity contribution in [1.82, 2.24) is 10.3 Å². The van der Waals surface area contributed by atoms with Crippen LogP contribution in [0.25, 0.3) is 22.2 Å². The molecule has 0 fully saturated rings. The third-order valence-corrected chi connectivity index (χ3v) is 5.67. The van der Waals surface area contributed by atoms with E-state index in [0.29, 0.717) is 24.1 Å². The van der Waals surface area contributed by atoms with E-state index in [9.17, 15) is 0 Å². The van der Waals surface area contributed by atoms with E-state index in [1.807, 2.05) is 43.4 Å². The maximum Gasteiger partial charge on any atom is 0.162 e. The molecule has 0 bridgehead atoms. The van der Waals surface area contributed by atoms with Crippen molar-refractivity contribution in [2.45, 2.75) is 25.3 Å². The molecule has 0 saturated carbocycles. The number of nitrogens with one attached hydrogen (secondary N) is 2. The number of benzene rings is 2. The summed E-state index contributed by atoms with van der Waals surface area (Å²) in [6, 6.07) is 14.3. The molecule has 172 valence electrons. The molecule has 0 aliphatic heterocycles. The van der Waals surface area contributed by atoms with E-state index in [-0.39, 0.29) is 0 Å². The first-order valence-corrected chi connectivity index (χ1v) is 11.0. The number of hydrogen-bond acceptors (Lipinski definition) is 7. The van der Waals surface area contributed by atoms with Crippen LogP contribution >= 0.6 is 0 Å². The third kappa shape index (κ3) is 5.60. The Balaban J connectivity index is 1.96. The number of aromatic nitrogens is 1. The fourth-order valence-electron chi connectivity index (χ4n) is 3.79. The quantitative estimate of drug-likeness (QED) is 0.393. The number of fused-ring (bicyclic) bond motifs is 1. The number of nitrogens with two attached hydrogens (primary N) is 1. The summed E-state index contributed by atoms with van der Waals surface area (Å²) in [6.07, 6.45) is 3.07. The number of nitrogens with zero attached hydrogens (tertiary/aromatic N) is 1. The third-order valence-electron chi connectivity index (χ3n) is 5.67. The van der Waals surface area contributed by atoms with Crippen LogP contribution in [0.2, 0.25) is 0 Å². The minimum absolute atomic E-state index is 0.426. The number of ether oxygens (including phenoxy) is 3. The van der Waals surface area contributed by atoms with Gasteiger partial charge in [0, 0.05) is 35.3 Å². The number of pyridine rings is 1. The van der Waals surface area contributed by atoms with Gasteiger partial charge in [0.05, 0.1) is 32.5 Å². The van der Waals surface area contributed by atoms with Gasteiger partial charge >= 0.3 is 0 Å². The van der Waals surface area contributed by atoms with Crippen LogP contribution in [0.5, 0.6) is 17.2 Å². The Morgan fingerprint density at radius 2 is 1.66 bits per heavy atom. The zero-order valence-electron chi connectivity index (χ0n) is 19.4. The fraction of sp³-hybridized carbons (Fsp3) is 0.400. The highest BCUT2D eigenvalue weighted by atomic mass is 16.5. The first kappa shape index (κ1) is 23.6. The van der Waals surface area contributed by atoms with Gasteiger partial charge in [0.1, 0.15) is 5.75 Å². The Labute approximate surface area is 190 Å². The molecule has 32 heavy (non-hydrogen) atoms. The van der Waals surface area contributed by atoms with Crippen molar-refractivity contribution < 1.29 is 14.2 Å². The molecule has 1 unspecified atom stereocenters. The maximum atomic E-state index is 5.67. The largest absolute Gasteiger partial charge is 0.497 e. The monoisotopic (exact) mass is 438 g/mol. The lowest BCUT2D eigenvalue weighted by Gasteiger charge is -2.18. The molecule has 3 rings (SSSR count). The molecular formula is C25H34N4O3. The molecule has 0 amide bonds. The smallest absolute Gasteiger partial charge is 0.162 e. The molecule has 0 saturated heterocycles. The van der Waals surface area contributed by atoms with Gasteiger partial charge in [0.25, 0.3) is 0 Å². The topological polar surface area (TPSA) is 90.7 Å². The maximum absolute atomic E-state index is 5.67. The van der Waals surface area contributed by atoms with Crippen LogP contribution in [0.4, 0.5) is 5.69 Å². The molecule has 1 aromatic heterocycles. The SMILES string of the molecule is CNC(CCCN)CCNc1cc(-c2ccc(OC)cc2)nc2cc(OC)c(OC)cc12. The summed E-state index contributed by atoms with van der Waals surface area (Å²) in [5.74, 6) is 2.15. The second-order valence-corrected chi connectivity index (χ2v) is 7.64. The lowest BCUT2D eigenvalue weighted by atomic mass is 10.1. The van der Waals surface area contributed by atoms with Crippen molar-refractivity contribution in [1.29, 1.82) is 0 Å².